The molecule has 6 heteroatoms. The Balaban J connectivity index is 2.34. The first kappa shape index (κ1) is 13.6. The lowest BCUT2D eigenvalue weighted by molar-refractivity contribution is -0.384. The largest absolute Gasteiger partial charge is 0.461 e. The molecule has 0 saturated heterocycles. The minimum absolute atomic E-state index is 0.0875. The Labute approximate surface area is 114 Å². The molecule has 1 unspecified atom stereocenters. The van der Waals surface area contributed by atoms with Crippen molar-refractivity contribution >= 4 is 17.3 Å². The van der Waals surface area contributed by atoms with Crippen LogP contribution >= 0.6 is 11.6 Å². The Hall–Kier alpha value is -1.85. The van der Waals surface area contributed by atoms with E-state index in [4.69, 9.17) is 16.0 Å². The average Bonchev–Trinajstić information content (AvgIpc) is 2.76. The highest BCUT2D eigenvalue weighted by Crippen LogP contribution is 2.31. The van der Waals surface area contributed by atoms with Crippen LogP contribution in [0.1, 0.15) is 12.7 Å². The summed E-state index contributed by atoms with van der Waals surface area (Å²) < 4.78 is 5.53. The molecule has 1 N–H and O–H groups in total. The Morgan fingerprint density at radius 2 is 2.16 bits per heavy atom. The number of benzene rings is 1. The highest BCUT2D eigenvalue weighted by molar-refractivity contribution is 6.32. The molecule has 1 aromatic heterocycles. The highest BCUT2D eigenvalue weighted by atomic mass is 35.5. The molecule has 1 aromatic carbocycles. The first-order valence-electron chi connectivity index (χ1n) is 5.68. The number of aliphatic hydroxyl groups is 1. The van der Waals surface area contributed by atoms with Gasteiger partial charge in [-0.1, -0.05) is 11.6 Å². The van der Waals surface area contributed by atoms with Crippen molar-refractivity contribution < 1.29 is 14.4 Å². The van der Waals surface area contributed by atoms with Gasteiger partial charge in [0.05, 0.1) is 11.0 Å². The molecule has 0 spiro atoms. The van der Waals surface area contributed by atoms with Crippen LogP contribution in [0, 0.1) is 10.1 Å². The van der Waals surface area contributed by atoms with Crippen LogP contribution in [0.5, 0.6) is 0 Å². The number of halogens is 1. The first-order chi connectivity index (χ1) is 8.97. The maximum Gasteiger partial charge on any atom is 0.288 e. The summed E-state index contributed by atoms with van der Waals surface area (Å²) in [5.41, 5.74) is 0.417. The van der Waals surface area contributed by atoms with E-state index >= 15 is 0 Å². The van der Waals surface area contributed by atoms with Crippen molar-refractivity contribution in [1.29, 1.82) is 0 Å². The summed E-state index contributed by atoms with van der Waals surface area (Å²) in [4.78, 5) is 10.3. The number of nitrogens with zero attached hydrogens (tertiary/aromatic N) is 1. The molecule has 0 amide bonds. The Kier molecular flexibility index (Phi) is 3.87. The molecule has 100 valence electrons. The molecule has 0 radical (unpaired) electrons. The zero-order chi connectivity index (χ0) is 14.0. The molecule has 0 aliphatic heterocycles. The molecule has 0 bridgehead atoms. The van der Waals surface area contributed by atoms with Gasteiger partial charge in [-0.15, -0.1) is 0 Å². The number of rotatable bonds is 4. The fraction of sp³-hybridized carbons (Fsp3) is 0.231. The topological polar surface area (TPSA) is 76.5 Å². The van der Waals surface area contributed by atoms with Crippen LogP contribution in [-0.2, 0) is 6.42 Å². The van der Waals surface area contributed by atoms with Crippen LogP contribution < -0.4 is 0 Å². The number of furan rings is 1. The second-order valence-electron chi connectivity index (χ2n) is 4.24. The maximum atomic E-state index is 10.8. The minimum Gasteiger partial charge on any atom is -0.461 e. The molecule has 0 aliphatic rings. The van der Waals surface area contributed by atoms with Crippen LogP contribution in [0.15, 0.2) is 34.7 Å². The van der Waals surface area contributed by atoms with E-state index in [9.17, 15) is 15.2 Å². The SMILES string of the molecule is CC(O)Cc1ccc(-c2ccc(Cl)c([N+](=O)[O-])c2)o1. The number of nitro groups is 1. The van der Waals surface area contributed by atoms with Gasteiger partial charge in [-0.05, 0) is 31.2 Å². The van der Waals surface area contributed by atoms with E-state index in [2.05, 4.69) is 0 Å². The van der Waals surface area contributed by atoms with Crippen molar-refractivity contribution in [3.63, 3.8) is 0 Å². The van der Waals surface area contributed by atoms with Crippen LogP contribution in [0.3, 0.4) is 0 Å². The maximum absolute atomic E-state index is 10.8. The van der Waals surface area contributed by atoms with Crippen LogP contribution in [0.25, 0.3) is 11.3 Å². The summed E-state index contributed by atoms with van der Waals surface area (Å²) in [5, 5.41) is 20.2. The van der Waals surface area contributed by atoms with Gasteiger partial charge in [0.2, 0.25) is 0 Å². The standard InChI is InChI=1S/C13H12ClNO4/c1-8(16)6-10-3-5-13(19-10)9-2-4-11(14)12(7-9)15(17)18/h2-5,7-8,16H,6H2,1H3. The molecule has 19 heavy (non-hydrogen) atoms. The molecule has 0 saturated carbocycles. The monoisotopic (exact) mass is 281 g/mol. The molecule has 2 rings (SSSR count). The second kappa shape index (κ2) is 5.42. The van der Waals surface area contributed by atoms with E-state index < -0.39 is 11.0 Å². The summed E-state index contributed by atoms with van der Waals surface area (Å²) in [7, 11) is 0. The van der Waals surface area contributed by atoms with E-state index in [1.54, 1.807) is 25.1 Å². The van der Waals surface area contributed by atoms with Gasteiger partial charge in [0.15, 0.2) is 0 Å². The smallest absolute Gasteiger partial charge is 0.288 e. The van der Waals surface area contributed by atoms with Gasteiger partial charge in [0, 0.05) is 18.1 Å². The van der Waals surface area contributed by atoms with Crippen molar-refractivity contribution in [3.05, 3.63) is 51.2 Å². The number of hydrogen-bond acceptors (Lipinski definition) is 4. The Bertz CT molecular complexity index is 606. The summed E-state index contributed by atoms with van der Waals surface area (Å²) >= 11 is 5.75. The highest BCUT2D eigenvalue weighted by Gasteiger charge is 2.15. The van der Waals surface area contributed by atoms with Gasteiger partial charge in [-0.2, -0.15) is 0 Å². The Morgan fingerprint density at radius 1 is 1.42 bits per heavy atom. The third kappa shape index (κ3) is 3.13. The fourth-order valence-electron chi connectivity index (χ4n) is 1.74. The van der Waals surface area contributed by atoms with E-state index in [1.807, 2.05) is 0 Å². The molecular formula is C13H12ClNO4. The van der Waals surface area contributed by atoms with Crippen molar-refractivity contribution in [1.82, 2.24) is 0 Å². The minimum atomic E-state index is -0.536. The predicted octanol–water partition coefficient (Wildman–Crippen LogP) is 3.43. The van der Waals surface area contributed by atoms with Gasteiger partial charge in [-0.3, -0.25) is 10.1 Å². The van der Waals surface area contributed by atoms with E-state index in [1.165, 1.54) is 12.1 Å². The number of nitro benzene ring substituents is 1. The van der Waals surface area contributed by atoms with Crippen molar-refractivity contribution in [2.45, 2.75) is 19.4 Å². The predicted molar refractivity (Wildman–Crippen MR) is 71.2 cm³/mol. The number of aliphatic hydroxyl groups excluding tert-OH is 1. The van der Waals surface area contributed by atoms with Gasteiger partial charge >= 0.3 is 0 Å². The molecule has 1 heterocycles. The molecule has 0 fully saturated rings. The molecule has 5 nitrogen and oxygen atoms in total. The van der Waals surface area contributed by atoms with Crippen LogP contribution in [0.2, 0.25) is 5.02 Å². The summed E-state index contributed by atoms with van der Waals surface area (Å²) in [6, 6.07) is 7.94. The Morgan fingerprint density at radius 3 is 2.79 bits per heavy atom. The van der Waals surface area contributed by atoms with Gasteiger partial charge in [0.25, 0.3) is 5.69 Å². The zero-order valence-corrected chi connectivity index (χ0v) is 10.9. The lowest BCUT2D eigenvalue weighted by atomic mass is 10.1. The van der Waals surface area contributed by atoms with Gasteiger partial charge in [0.1, 0.15) is 16.5 Å². The molecule has 0 aliphatic carbocycles. The third-order valence-electron chi connectivity index (χ3n) is 2.59. The van der Waals surface area contributed by atoms with Crippen molar-refractivity contribution in [3.8, 4) is 11.3 Å². The molecular weight excluding hydrogens is 270 g/mol. The fourth-order valence-corrected chi connectivity index (χ4v) is 1.93. The lowest BCUT2D eigenvalue weighted by Gasteiger charge is -2.01. The average molecular weight is 282 g/mol. The van der Waals surface area contributed by atoms with E-state index in [-0.39, 0.29) is 10.7 Å². The van der Waals surface area contributed by atoms with Gasteiger partial charge < -0.3 is 9.52 Å². The summed E-state index contributed by atoms with van der Waals surface area (Å²) in [5.74, 6) is 1.14. The van der Waals surface area contributed by atoms with Crippen molar-refractivity contribution in [2.75, 3.05) is 0 Å². The van der Waals surface area contributed by atoms with Crippen LogP contribution in [0.4, 0.5) is 5.69 Å². The molecule has 1 atom stereocenters. The lowest BCUT2D eigenvalue weighted by Crippen LogP contribution is -2.02. The second-order valence-corrected chi connectivity index (χ2v) is 4.65. The normalized spacial score (nSPS) is 12.4. The quantitative estimate of drug-likeness (QED) is 0.688. The summed E-state index contributed by atoms with van der Waals surface area (Å²) in [6.07, 6.45) is -0.103. The van der Waals surface area contributed by atoms with Crippen LogP contribution in [-0.4, -0.2) is 16.1 Å². The first-order valence-corrected chi connectivity index (χ1v) is 6.06. The number of hydrogen-bond donors (Lipinski definition) is 1. The van der Waals surface area contributed by atoms with Gasteiger partial charge in [-0.25, -0.2) is 0 Å². The zero-order valence-electron chi connectivity index (χ0n) is 10.2. The third-order valence-corrected chi connectivity index (χ3v) is 2.91. The summed E-state index contributed by atoms with van der Waals surface area (Å²) in [6.45, 7) is 1.66. The van der Waals surface area contributed by atoms with E-state index in [0.29, 0.717) is 23.5 Å². The van der Waals surface area contributed by atoms with Crippen molar-refractivity contribution in [2.24, 2.45) is 0 Å². The molecule has 2 aromatic rings. The van der Waals surface area contributed by atoms with E-state index in [0.717, 1.165) is 0 Å².